The Bertz CT molecular complexity index is 1010. The van der Waals surface area contributed by atoms with E-state index < -0.39 is 0 Å². The van der Waals surface area contributed by atoms with Gasteiger partial charge in [-0.25, -0.2) is 4.98 Å². The second-order valence-electron chi connectivity index (χ2n) is 7.06. The van der Waals surface area contributed by atoms with Gasteiger partial charge in [-0.1, -0.05) is 13.0 Å². The third-order valence-corrected chi connectivity index (χ3v) is 6.85. The summed E-state index contributed by atoms with van der Waals surface area (Å²) in [5, 5.41) is 4.55. The molecule has 3 aromatic heterocycles. The van der Waals surface area contributed by atoms with Crippen LogP contribution in [0, 0.1) is 5.41 Å². The Balaban J connectivity index is 1.64. The Morgan fingerprint density at radius 1 is 1.42 bits per heavy atom. The Morgan fingerprint density at radius 2 is 2.27 bits per heavy atom. The van der Waals surface area contributed by atoms with E-state index in [1.165, 1.54) is 22.2 Å². The number of carbonyl (C=O) groups is 1. The number of nitrogens with zero attached hydrogens (tertiary/aromatic N) is 3. The number of aromatic nitrogens is 2. The fraction of sp³-hybridized carbons (Fsp3) is 0.389. The SMILES string of the molecule is CC1(CN)CCN(C(=O)Cn2cnc3scc(-c4cccs4)c3c2=O)C1. The van der Waals surface area contributed by atoms with Crippen molar-refractivity contribution >= 4 is 38.8 Å². The second kappa shape index (κ2) is 6.61. The van der Waals surface area contributed by atoms with Crippen molar-refractivity contribution < 1.29 is 4.79 Å². The highest BCUT2D eigenvalue weighted by atomic mass is 32.1. The van der Waals surface area contributed by atoms with Gasteiger partial charge < -0.3 is 10.6 Å². The number of hydrogen-bond donors (Lipinski definition) is 1. The number of thiophene rings is 2. The lowest BCUT2D eigenvalue weighted by Crippen LogP contribution is -2.37. The van der Waals surface area contributed by atoms with Crippen molar-refractivity contribution in [2.75, 3.05) is 19.6 Å². The van der Waals surface area contributed by atoms with Crippen LogP contribution in [0.2, 0.25) is 0 Å². The van der Waals surface area contributed by atoms with Crippen LogP contribution < -0.4 is 11.3 Å². The highest BCUT2D eigenvalue weighted by Gasteiger charge is 2.34. The first-order chi connectivity index (χ1) is 12.5. The van der Waals surface area contributed by atoms with E-state index in [9.17, 15) is 9.59 Å². The molecule has 1 fully saturated rings. The monoisotopic (exact) mass is 388 g/mol. The minimum Gasteiger partial charge on any atom is -0.341 e. The smallest absolute Gasteiger partial charge is 0.263 e. The molecule has 0 spiro atoms. The van der Waals surface area contributed by atoms with Crippen LogP contribution >= 0.6 is 22.7 Å². The van der Waals surface area contributed by atoms with E-state index >= 15 is 0 Å². The van der Waals surface area contributed by atoms with E-state index in [0.717, 1.165) is 16.9 Å². The van der Waals surface area contributed by atoms with Gasteiger partial charge in [0.05, 0.1) is 11.7 Å². The number of fused-ring (bicyclic) bond motifs is 1. The first kappa shape index (κ1) is 17.4. The number of nitrogens with two attached hydrogens (primary N) is 1. The quantitative estimate of drug-likeness (QED) is 0.744. The topological polar surface area (TPSA) is 81.2 Å². The average molecular weight is 389 g/mol. The van der Waals surface area contributed by atoms with Gasteiger partial charge >= 0.3 is 0 Å². The normalized spacial score (nSPS) is 20.2. The van der Waals surface area contributed by atoms with Crippen LogP contribution in [0.3, 0.4) is 0 Å². The van der Waals surface area contributed by atoms with Gasteiger partial charge in [0.15, 0.2) is 0 Å². The Kier molecular flexibility index (Phi) is 4.42. The zero-order valence-corrected chi connectivity index (χ0v) is 16.1. The largest absolute Gasteiger partial charge is 0.341 e. The van der Waals surface area contributed by atoms with E-state index in [2.05, 4.69) is 11.9 Å². The van der Waals surface area contributed by atoms with E-state index in [0.29, 0.717) is 29.9 Å². The molecule has 0 aromatic carbocycles. The molecule has 0 bridgehead atoms. The number of hydrogen-bond acceptors (Lipinski definition) is 6. The number of rotatable bonds is 4. The summed E-state index contributed by atoms with van der Waals surface area (Å²) in [5.41, 5.74) is 6.53. The van der Waals surface area contributed by atoms with Crippen molar-refractivity contribution in [2.24, 2.45) is 11.1 Å². The van der Waals surface area contributed by atoms with Crippen molar-refractivity contribution in [1.29, 1.82) is 0 Å². The summed E-state index contributed by atoms with van der Waals surface area (Å²) in [5.74, 6) is -0.0571. The van der Waals surface area contributed by atoms with E-state index in [-0.39, 0.29) is 23.4 Å². The molecule has 1 saturated heterocycles. The van der Waals surface area contributed by atoms with Crippen molar-refractivity contribution in [1.82, 2.24) is 14.5 Å². The van der Waals surface area contributed by atoms with Gasteiger partial charge in [0.2, 0.25) is 5.91 Å². The van der Waals surface area contributed by atoms with Gasteiger partial charge in [-0.15, -0.1) is 22.7 Å². The predicted molar refractivity (Wildman–Crippen MR) is 106 cm³/mol. The average Bonchev–Trinajstić information content (AvgIpc) is 3.36. The lowest BCUT2D eigenvalue weighted by atomic mass is 9.90. The minimum absolute atomic E-state index is 0.0160. The molecule has 1 atom stereocenters. The molecule has 6 nitrogen and oxygen atoms in total. The molecule has 0 radical (unpaired) electrons. The molecule has 1 amide bonds. The van der Waals surface area contributed by atoms with Gasteiger partial charge in [-0.2, -0.15) is 0 Å². The molecule has 3 aromatic rings. The minimum atomic E-state index is -0.159. The van der Waals surface area contributed by atoms with Gasteiger partial charge in [0.25, 0.3) is 5.56 Å². The standard InChI is InChI=1S/C18H20N4O2S2/c1-18(9-19)4-5-21(10-18)14(23)7-22-11-20-16-15(17(22)24)12(8-26-16)13-3-2-6-25-13/h2-3,6,8,11H,4-5,7,9-10,19H2,1H3. The lowest BCUT2D eigenvalue weighted by molar-refractivity contribution is -0.131. The fourth-order valence-corrected chi connectivity index (χ4v) is 5.06. The van der Waals surface area contributed by atoms with Crippen LogP contribution in [0.25, 0.3) is 20.7 Å². The molecule has 26 heavy (non-hydrogen) atoms. The highest BCUT2D eigenvalue weighted by molar-refractivity contribution is 7.18. The summed E-state index contributed by atoms with van der Waals surface area (Å²) in [4.78, 5) is 33.6. The first-order valence-corrected chi connectivity index (χ1v) is 10.2. The van der Waals surface area contributed by atoms with Crippen molar-refractivity contribution in [3.8, 4) is 10.4 Å². The van der Waals surface area contributed by atoms with Crippen LogP contribution in [0.5, 0.6) is 0 Å². The molecule has 0 aliphatic carbocycles. The maximum atomic E-state index is 13.0. The zero-order valence-electron chi connectivity index (χ0n) is 14.5. The summed E-state index contributed by atoms with van der Waals surface area (Å²) in [6.45, 7) is 4.01. The van der Waals surface area contributed by atoms with Gasteiger partial charge in [0, 0.05) is 28.9 Å². The van der Waals surface area contributed by atoms with Gasteiger partial charge in [-0.3, -0.25) is 14.2 Å². The summed E-state index contributed by atoms with van der Waals surface area (Å²) >= 11 is 3.05. The molecule has 4 heterocycles. The second-order valence-corrected chi connectivity index (χ2v) is 8.87. The van der Waals surface area contributed by atoms with Crippen LogP contribution in [0.15, 0.2) is 34.0 Å². The Labute approximate surface area is 158 Å². The van der Waals surface area contributed by atoms with Gasteiger partial charge in [0.1, 0.15) is 11.4 Å². The van der Waals surface area contributed by atoms with Crippen LogP contribution in [0.4, 0.5) is 0 Å². The predicted octanol–water partition coefficient (Wildman–Crippen LogP) is 2.38. The molecule has 8 heteroatoms. The zero-order chi connectivity index (χ0) is 18.3. The molecule has 136 valence electrons. The third-order valence-electron chi connectivity index (χ3n) is 5.06. The molecule has 4 rings (SSSR count). The van der Waals surface area contributed by atoms with Gasteiger partial charge in [-0.05, 0) is 29.8 Å². The third kappa shape index (κ3) is 2.98. The lowest BCUT2D eigenvalue weighted by Gasteiger charge is -2.22. The van der Waals surface area contributed by atoms with E-state index in [4.69, 9.17) is 5.73 Å². The maximum Gasteiger partial charge on any atom is 0.263 e. The molecule has 1 aliphatic rings. The molecule has 1 aliphatic heterocycles. The molecular weight excluding hydrogens is 368 g/mol. The van der Waals surface area contributed by atoms with Crippen LogP contribution in [0.1, 0.15) is 13.3 Å². The van der Waals surface area contributed by atoms with Crippen LogP contribution in [-0.2, 0) is 11.3 Å². The molecule has 2 N–H and O–H groups in total. The van der Waals surface area contributed by atoms with E-state index in [1.807, 2.05) is 22.9 Å². The Morgan fingerprint density at radius 3 is 2.96 bits per heavy atom. The highest BCUT2D eigenvalue weighted by Crippen LogP contribution is 2.33. The molecular formula is C18H20N4O2S2. The number of carbonyl (C=O) groups excluding carboxylic acids is 1. The summed E-state index contributed by atoms with van der Waals surface area (Å²) in [6, 6.07) is 3.95. The van der Waals surface area contributed by atoms with Crippen LogP contribution in [-0.4, -0.2) is 40.0 Å². The summed E-state index contributed by atoms with van der Waals surface area (Å²) < 4.78 is 1.42. The number of amides is 1. The summed E-state index contributed by atoms with van der Waals surface area (Å²) in [7, 11) is 0. The van der Waals surface area contributed by atoms with Crippen molar-refractivity contribution in [3.05, 3.63) is 39.6 Å². The first-order valence-electron chi connectivity index (χ1n) is 8.49. The van der Waals surface area contributed by atoms with E-state index in [1.54, 1.807) is 16.2 Å². The fourth-order valence-electron chi connectivity index (χ4n) is 3.34. The summed E-state index contributed by atoms with van der Waals surface area (Å²) in [6.07, 6.45) is 2.38. The molecule has 1 unspecified atom stereocenters. The Hall–Kier alpha value is -2.03. The van der Waals surface area contributed by atoms with Crippen molar-refractivity contribution in [3.63, 3.8) is 0 Å². The van der Waals surface area contributed by atoms with Crippen molar-refractivity contribution in [2.45, 2.75) is 19.9 Å². The number of likely N-dealkylation sites (tertiary alicyclic amines) is 1. The maximum absolute atomic E-state index is 13.0. The molecule has 0 saturated carbocycles.